The number of rotatable bonds is 9. The third kappa shape index (κ3) is 6.40. The maximum Gasteiger partial charge on any atom is 0.359 e. The van der Waals surface area contributed by atoms with Crippen molar-refractivity contribution in [2.24, 2.45) is 5.92 Å². The lowest BCUT2D eigenvalue weighted by Gasteiger charge is -2.11. The number of aryl methyl sites for hydroxylation is 1. The van der Waals surface area contributed by atoms with E-state index in [4.69, 9.17) is 4.74 Å². The van der Waals surface area contributed by atoms with E-state index in [0.717, 1.165) is 19.3 Å². The molecule has 0 radical (unpaired) electrons. The molecule has 0 bridgehead atoms. The summed E-state index contributed by atoms with van der Waals surface area (Å²) < 4.78 is 6.29. The van der Waals surface area contributed by atoms with Crippen LogP contribution in [0.1, 0.15) is 50.5 Å². The van der Waals surface area contributed by atoms with Gasteiger partial charge in [0.15, 0.2) is 12.3 Å². The summed E-state index contributed by atoms with van der Waals surface area (Å²) in [6, 6.07) is 5.97. The molecule has 0 saturated carbocycles. The van der Waals surface area contributed by atoms with Gasteiger partial charge in [-0.3, -0.25) is 14.9 Å². The number of esters is 1. The maximum atomic E-state index is 12.6. The van der Waals surface area contributed by atoms with E-state index in [1.807, 2.05) is 20.8 Å². The molecule has 2 rings (SSSR count). The average molecular weight is 416 g/mol. The first-order valence-corrected chi connectivity index (χ1v) is 10.1. The van der Waals surface area contributed by atoms with Gasteiger partial charge in [-0.15, -0.1) is 0 Å². The fourth-order valence-electron chi connectivity index (χ4n) is 2.75. The number of unbranched alkanes of at least 4 members (excludes halogenated alkanes) is 2. The van der Waals surface area contributed by atoms with Gasteiger partial charge in [-0.25, -0.2) is 14.3 Å². The Morgan fingerprint density at radius 1 is 1.13 bits per heavy atom. The molecule has 1 heterocycles. The van der Waals surface area contributed by atoms with E-state index in [1.165, 1.54) is 4.68 Å². The monoisotopic (exact) mass is 416 g/mol. The molecular weight excluding hydrogens is 388 g/mol. The zero-order chi connectivity index (χ0) is 22.1. The summed E-state index contributed by atoms with van der Waals surface area (Å²) in [4.78, 5) is 48.7. The Morgan fingerprint density at radius 2 is 1.83 bits per heavy atom. The van der Waals surface area contributed by atoms with Crippen molar-refractivity contribution < 1.29 is 19.1 Å². The van der Waals surface area contributed by atoms with Crippen LogP contribution >= 0.6 is 0 Å². The van der Waals surface area contributed by atoms with Gasteiger partial charge in [0.2, 0.25) is 0 Å². The normalized spacial score (nSPS) is 10.8. The molecule has 0 unspecified atom stereocenters. The van der Waals surface area contributed by atoms with Gasteiger partial charge < -0.3 is 10.1 Å². The molecule has 1 aromatic carbocycles. The SMILES string of the molecule is CCCCCn1nc(C(=O)OCC(=O)NC(=O)NCC(C)C)c2ccccc2c1=O. The lowest BCUT2D eigenvalue weighted by Crippen LogP contribution is -2.42. The van der Waals surface area contributed by atoms with Gasteiger partial charge in [-0.1, -0.05) is 51.8 Å². The predicted octanol–water partition coefficient (Wildman–Crippen LogP) is 2.23. The highest BCUT2D eigenvalue weighted by Crippen LogP contribution is 2.14. The molecule has 0 aliphatic carbocycles. The Bertz CT molecular complexity index is 968. The molecule has 30 heavy (non-hydrogen) atoms. The van der Waals surface area contributed by atoms with Gasteiger partial charge in [-0.2, -0.15) is 5.10 Å². The van der Waals surface area contributed by atoms with E-state index in [0.29, 0.717) is 23.9 Å². The van der Waals surface area contributed by atoms with Crippen molar-refractivity contribution in [2.75, 3.05) is 13.2 Å². The summed E-state index contributed by atoms with van der Waals surface area (Å²) in [6.45, 7) is 6.04. The number of nitrogens with one attached hydrogen (secondary N) is 2. The van der Waals surface area contributed by atoms with Gasteiger partial charge in [0, 0.05) is 18.5 Å². The molecule has 0 spiro atoms. The Morgan fingerprint density at radius 3 is 2.50 bits per heavy atom. The van der Waals surface area contributed by atoms with Gasteiger partial charge in [0.05, 0.1) is 5.39 Å². The Balaban J connectivity index is 2.11. The van der Waals surface area contributed by atoms with Gasteiger partial charge in [-0.05, 0) is 18.4 Å². The van der Waals surface area contributed by atoms with Crippen molar-refractivity contribution in [3.05, 3.63) is 40.3 Å². The standard InChI is InChI=1S/C21H28N4O5/c1-4-5-8-11-25-19(27)16-10-7-6-9-15(16)18(24-25)20(28)30-13-17(26)23-21(29)22-12-14(2)3/h6-7,9-10,14H,4-5,8,11-13H2,1-3H3,(H2,22,23,26,29). The Hall–Kier alpha value is -3.23. The third-order valence-electron chi connectivity index (χ3n) is 4.29. The second kappa shape index (κ2) is 11.1. The molecule has 0 aliphatic rings. The molecule has 0 atom stereocenters. The second-order valence-corrected chi connectivity index (χ2v) is 7.36. The first kappa shape index (κ1) is 23.1. The topological polar surface area (TPSA) is 119 Å². The number of urea groups is 1. The van der Waals surface area contributed by atoms with E-state index < -0.39 is 24.5 Å². The predicted molar refractivity (Wildman–Crippen MR) is 112 cm³/mol. The molecule has 1 aromatic heterocycles. The van der Waals surface area contributed by atoms with Crippen LogP contribution in [0.3, 0.4) is 0 Å². The number of hydrogen-bond donors (Lipinski definition) is 2. The summed E-state index contributed by atoms with van der Waals surface area (Å²) >= 11 is 0. The zero-order valence-electron chi connectivity index (χ0n) is 17.6. The van der Waals surface area contributed by atoms with Crippen LogP contribution in [0.15, 0.2) is 29.1 Å². The number of amides is 3. The quantitative estimate of drug-likeness (QED) is 0.478. The van der Waals surface area contributed by atoms with Crippen molar-refractivity contribution in [1.29, 1.82) is 0 Å². The van der Waals surface area contributed by atoms with Gasteiger partial charge in [0.25, 0.3) is 11.5 Å². The highest BCUT2D eigenvalue weighted by Gasteiger charge is 2.19. The van der Waals surface area contributed by atoms with Crippen LogP contribution in [0.2, 0.25) is 0 Å². The number of hydrogen-bond acceptors (Lipinski definition) is 6. The number of aromatic nitrogens is 2. The fourth-order valence-corrected chi connectivity index (χ4v) is 2.75. The minimum atomic E-state index is -0.840. The molecule has 2 N–H and O–H groups in total. The number of ether oxygens (including phenoxy) is 1. The number of carbonyl (C=O) groups is 3. The van der Waals surface area contributed by atoms with Gasteiger partial charge in [0.1, 0.15) is 0 Å². The summed E-state index contributed by atoms with van der Waals surface area (Å²) in [6.07, 6.45) is 2.67. The van der Waals surface area contributed by atoms with Crippen molar-refractivity contribution in [1.82, 2.24) is 20.4 Å². The molecule has 3 amide bonds. The van der Waals surface area contributed by atoms with Crippen LogP contribution in [0.4, 0.5) is 4.79 Å². The number of carbonyl (C=O) groups excluding carboxylic acids is 3. The maximum absolute atomic E-state index is 12.6. The molecular formula is C21H28N4O5. The molecule has 162 valence electrons. The zero-order valence-corrected chi connectivity index (χ0v) is 17.6. The van der Waals surface area contributed by atoms with Crippen LogP contribution in [0, 0.1) is 5.92 Å². The minimum Gasteiger partial charge on any atom is -0.451 e. The van der Waals surface area contributed by atoms with E-state index >= 15 is 0 Å². The lowest BCUT2D eigenvalue weighted by atomic mass is 10.1. The summed E-state index contributed by atoms with van der Waals surface area (Å²) in [5, 5.41) is 9.51. The molecule has 2 aromatic rings. The number of fused-ring (bicyclic) bond motifs is 1. The first-order chi connectivity index (χ1) is 14.3. The minimum absolute atomic E-state index is 0.0428. The van der Waals surface area contributed by atoms with Gasteiger partial charge >= 0.3 is 12.0 Å². The molecule has 9 heteroatoms. The Kier molecular flexibility index (Phi) is 8.52. The second-order valence-electron chi connectivity index (χ2n) is 7.36. The first-order valence-electron chi connectivity index (χ1n) is 10.1. The molecule has 0 aliphatic heterocycles. The smallest absolute Gasteiger partial charge is 0.359 e. The molecule has 0 saturated heterocycles. The van der Waals surface area contributed by atoms with Crippen LogP contribution in [-0.4, -0.2) is 40.8 Å². The van der Waals surface area contributed by atoms with Crippen molar-refractivity contribution in [3.63, 3.8) is 0 Å². The fraction of sp³-hybridized carbons (Fsp3) is 0.476. The van der Waals surface area contributed by atoms with Crippen molar-refractivity contribution >= 4 is 28.7 Å². The van der Waals surface area contributed by atoms with Crippen molar-refractivity contribution in [2.45, 2.75) is 46.6 Å². The van der Waals surface area contributed by atoms with E-state index in [-0.39, 0.29) is 17.2 Å². The van der Waals surface area contributed by atoms with Crippen LogP contribution in [0.25, 0.3) is 10.8 Å². The largest absolute Gasteiger partial charge is 0.451 e. The van der Waals surface area contributed by atoms with Crippen LogP contribution < -0.4 is 16.2 Å². The average Bonchev–Trinajstić information content (AvgIpc) is 2.72. The number of nitrogens with zero attached hydrogens (tertiary/aromatic N) is 2. The summed E-state index contributed by atoms with van der Waals surface area (Å²) in [5.41, 5.74) is -0.323. The Labute approximate surface area is 174 Å². The van der Waals surface area contributed by atoms with Crippen LogP contribution in [-0.2, 0) is 16.1 Å². The van der Waals surface area contributed by atoms with E-state index in [1.54, 1.807) is 24.3 Å². The lowest BCUT2D eigenvalue weighted by molar-refractivity contribution is -0.123. The third-order valence-corrected chi connectivity index (χ3v) is 4.29. The summed E-state index contributed by atoms with van der Waals surface area (Å²) in [7, 11) is 0. The molecule has 0 fully saturated rings. The van der Waals surface area contributed by atoms with E-state index in [9.17, 15) is 19.2 Å². The van der Waals surface area contributed by atoms with Crippen LogP contribution in [0.5, 0.6) is 0 Å². The highest BCUT2D eigenvalue weighted by atomic mass is 16.5. The summed E-state index contributed by atoms with van der Waals surface area (Å²) in [5.74, 6) is -1.37. The number of benzene rings is 1. The molecule has 9 nitrogen and oxygen atoms in total. The highest BCUT2D eigenvalue weighted by molar-refractivity contribution is 6.03. The van der Waals surface area contributed by atoms with Crippen molar-refractivity contribution in [3.8, 4) is 0 Å². The van der Waals surface area contributed by atoms with E-state index in [2.05, 4.69) is 15.7 Å². The number of imide groups is 1.